The molecule has 4 rings (SSSR count). The van der Waals surface area contributed by atoms with Crippen LogP contribution in [0.5, 0.6) is 17.2 Å². The number of carbonyl (C=O) groups is 1. The van der Waals surface area contributed by atoms with Crippen LogP contribution in [0.2, 0.25) is 0 Å². The van der Waals surface area contributed by atoms with Crippen molar-refractivity contribution in [1.82, 2.24) is 4.90 Å². The van der Waals surface area contributed by atoms with E-state index >= 15 is 0 Å². The molecule has 2 aliphatic heterocycles. The quantitative estimate of drug-likeness (QED) is 0.715. The second-order valence-electron chi connectivity index (χ2n) is 7.19. The lowest BCUT2D eigenvalue weighted by Gasteiger charge is -2.37. The number of hydrogen-bond donors (Lipinski definition) is 0. The minimum atomic E-state index is -3.30. The summed E-state index contributed by atoms with van der Waals surface area (Å²) < 4.78 is 46.1. The molecule has 2 atom stereocenters. The van der Waals surface area contributed by atoms with Crippen LogP contribution in [0.4, 0.5) is 0 Å². The molecule has 0 aliphatic carbocycles. The van der Waals surface area contributed by atoms with Gasteiger partial charge >= 0.3 is 0 Å². The first-order chi connectivity index (χ1) is 14.3. The first kappa shape index (κ1) is 20.5. The number of sulfone groups is 1. The fourth-order valence-corrected chi connectivity index (χ4v) is 4.82. The maximum atomic E-state index is 13.3. The third-order valence-corrected chi connectivity index (χ3v) is 6.67. The standard InChI is InChI=1S/C21H23NO7S/c1-26-15-11-14-16(20(28-3)19(15)27-2)21(23)22-9-10-29-18(17(14)22)12-5-7-13(8-6-12)30(4,24)25/h5-8,11,17-18H,9-10H2,1-4H3/t17-,18-/m1/s1. The lowest BCUT2D eigenvalue weighted by atomic mass is 9.93. The molecular weight excluding hydrogens is 410 g/mol. The molecular formula is C21H23NO7S. The third-order valence-electron chi connectivity index (χ3n) is 5.54. The van der Waals surface area contributed by atoms with E-state index in [2.05, 4.69) is 0 Å². The van der Waals surface area contributed by atoms with Crippen molar-refractivity contribution in [2.45, 2.75) is 17.0 Å². The zero-order valence-corrected chi connectivity index (χ0v) is 18.0. The number of nitrogens with zero attached hydrogens (tertiary/aromatic N) is 1. The molecule has 2 aromatic rings. The van der Waals surface area contributed by atoms with Crippen molar-refractivity contribution in [2.24, 2.45) is 0 Å². The molecule has 1 saturated heterocycles. The largest absolute Gasteiger partial charge is 0.493 e. The van der Waals surface area contributed by atoms with Crippen molar-refractivity contribution in [1.29, 1.82) is 0 Å². The molecule has 0 aromatic heterocycles. The van der Waals surface area contributed by atoms with Gasteiger partial charge in [-0.15, -0.1) is 0 Å². The number of fused-ring (bicyclic) bond motifs is 3. The predicted octanol–water partition coefficient (Wildman–Crippen LogP) is 2.38. The second kappa shape index (κ2) is 7.48. The zero-order chi connectivity index (χ0) is 21.6. The lowest BCUT2D eigenvalue weighted by molar-refractivity contribution is -0.0570. The highest BCUT2D eigenvalue weighted by molar-refractivity contribution is 7.90. The Bertz CT molecular complexity index is 1100. The van der Waals surface area contributed by atoms with Crippen molar-refractivity contribution in [3.63, 3.8) is 0 Å². The maximum absolute atomic E-state index is 13.3. The molecule has 1 fully saturated rings. The van der Waals surface area contributed by atoms with Crippen LogP contribution in [0.25, 0.3) is 0 Å². The molecule has 0 saturated carbocycles. The fraction of sp³-hybridized carbons (Fsp3) is 0.381. The van der Waals surface area contributed by atoms with Gasteiger partial charge < -0.3 is 23.8 Å². The van der Waals surface area contributed by atoms with Gasteiger partial charge in [0.2, 0.25) is 5.75 Å². The zero-order valence-electron chi connectivity index (χ0n) is 17.2. The van der Waals surface area contributed by atoms with Crippen LogP contribution < -0.4 is 14.2 Å². The molecule has 0 unspecified atom stereocenters. The smallest absolute Gasteiger partial charge is 0.258 e. The van der Waals surface area contributed by atoms with Crippen LogP contribution >= 0.6 is 0 Å². The van der Waals surface area contributed by atoms with E-state index in [1.165, 1.54) is 27.6 Å². The molecule has 8 nitrogen and oxygen atoms in total. The van der Waals surface area contributed by atoms with Gasteiger partial charge in [0.1, 0.15) is 6.10 Å². The number of benzene rings is 2. The van der Waals surface area contributed by atoms with Crippen molar-refractivity contribution in [3.05, 3.63) is 47.0 Å². The highest BCUT2D eigenvalue weighted by Crippen LogP contribution is 2.53. The topological polar surface area (TPSA) is 91.4 Å². The van der Waals surface area contributed by atoms with Crippen molar-refractivity contribution < 1.29 is 32.2 Å². The third kappa shape index (κ3) is 3.09. The molecule has 2 aromatic carbocycles. The van der Waals surface area contributed by atoms with Crippen LogP contribution in [0.1, 0.15) is 33.6 Å². The number of ether oxygens (including phenoxy) is 4. The van der Waals surface area contributed by atoms with E-state index in [-0.39, 0.29) is 16.8 Å². The van der Waals surface area contributed by atoms with E-state index in [1.807, 2.05) is 0 Å². The molecule has 1 amide bonds. The SMILES string of the molecule is COc1cc2c(c(OC)c1OC)C(=O)N1CCO[C@H](c3ccc(S(C)(=O)=O)cc3)[C@@H]21. The second-order valence-corrected chi connectivity index (χ2v) is 9.20. The Balaban J connectivity index is 1.85. The highest BCUT2D eigenvalue weighted by Gasteiger charge is 2.47. The molecule has 0 radical (unpaired) electrons. The van der Waals surface area contributed by atoms with E-state index in [1.54, 1.807) is 35.2 Å². The Hall–Kier alpha value is -2.78. The van der Waals surface area contributed by atoms with Gasteiger partial charge in [-0.2, -0.15) is 0 Å². The Labute approximate surface area is 175 Å². The number of methoxy groups -OCH3 is 3. The first-order valence-corrected chi connectivity index (χ1v) is 11.3. The van der Waals surface area contributed by atoms with Crippen LogP contribution in [0.15, 0.2) is 35.2 Å². The minimum absolute atomic E-state index is 0.158. The van der Waals surface area contributed by atoms with E-state index in [9.17, 15) is 13.2 Å². The van der Waals surface area contributed by atoms with Crippen LogP contribution in [-0.4, -0.2) is 60.0 Å². The number of morpholine rings is 1. The number of carbonyl (C=O) groups excluding carboxylic acids is 1. The molecule has 9 heteroatoms. The number of rotatable bonds is 5. The molecule has 0 spiro atoms. The summed E-state index contributed by atoms with van der Waals surface area (Å²) in [5, 5.41) is 0. The van der Waals surface area contributed by atoms with Gasteiger partial charge in [0, 0.05) is 12.8 Å². The molecule has 2 heterocycles. The van der Waals surface area contributed by atoms with E-state index in [4.69, 9.17) is 18.9 Å². The lowest BCUT2D eigenvalue weighted by Crippen LogP contribution is -2.40. The predicted molar refractivity (Wildman–Crippen MR) is 108 cm³/mol. The summed E-state index contributed by atoms with van der Waals surface area (Å²) in [6.07, 6.45) is 0.707. The van der Waals surface area contributed by atoms with Crippen molar-refractivity contribution in [2.75, 3.05) is 40.7 Å². The van der Waals surface area contributed by atoms with Gasteiger partial charge in [0.05, 0.1) is 44.4 Å². The van der Waals surface area contributed by atoms with E-state index in [0.717, 1.165) is 11.1 Å². The summed E-state index contributed by atoms with van der Waals surface area (Å²) in [5.41, 5.74) is 1.95. The van der Waals surface area contributed by atoms with Crippen LogP contribution in [-0.2, 0) is 14.6 Å². The van der Waals surface area contributed by atoms with Crippen LogP contribution in [0.3, 0.4) is 0 Å². The number of hydrogen-bond acceptors (Lipinski definition) is 7. The Morgan fingerprint density at radius 1 is 1.03 bits per heavy atom. The summed E-state index contributed by atoms with van der Waals surface area (Å²) in [5.74, 6) is 0.993. The summed E-state index contributed by atoms with van der Waals surface area (Å²) in [7, 11) is 1.20. The minimum Gasteiger partial charge on any atom is -0.493 e. The summed E-state index contributed by atoms with van der Waals surface area (Å²) in [6.45, 7) is 0.801. The van der Waals surface area contributed by atoms with Gasteiger partial charge in [0.15, 0.2) is 21.3 Å². The normalized spacial score (nSPS) is 20.5. The van der Waals surface area contributed by atoms with Crippen molar-refractivity contribution >= 4 is 15.7 Å². The fourth-order valence-electron chi connectivity index (χ4n) is 4.19. The average Bonchev–Trinajstić information content (AvgIpc) is 3.03. The Morgan fingerprint density at radius 3 is 2.27 bits per heavy atom. The van der Waals surface area contributed by atoms with Gasteiger partial charge in [-0.3, -0.25) is 4.79 Å². The monoisotopic (exact) mass is 433 g/mol. The Kier molecular flexibility index (Phi) is 5.11. The molecule has 30 heavy (non-hydrogen) atoms. The summed E-state index contributed by atoms with van der Waals surface area (Å²) in [4.78, 5) is 15.2. The molecule has 2 aliphatic rings. The van der Waals surface area contributed by atoms with Crippen LogP contribution in [0, 0.1) is 0 Å². The summed E-state index contributed by atoms with van der Waals surface area (Å²) in [6, 6.07) is 7.96. The highest BCUT2D eigenvalue weighted by atomic mass is 32.2. The molecule has 0 N–H and O–H groups in total. The number of amides is 1. The maximum Gasteiger partial charge on any atom is 0.258 e. The molecule has 0 bridgehead atoms. The Morgan fingerprint density at radius 2 is 1.70 bits per heavy atom. The van der Waals surface area contributed by atoms with E-state index in [0.29, 0.717) is 36.0 Å². The first-order valence-electron chi connectivity index (χ1n) is 9.37. The summed E-state index contributed by atoms with van der Waals surface area (Å²) >= 11 is 0. The van der Waals surface area contributed by atoms with Gasteiger partial charge in [-0.25, -0.2) is 8.42 Å². The van der Waals surface area contributed by atoms with Crippen molar-refractivity contribution in [3.8, 4) is 17.2 Å². The van der Waals surface area contributed by atoms with Gasteiger partial charge in [-0.05, 0) is 29.3 Å². The van der Waals surface area contributed by atoms with Gasteiger partial charge in [-0.1, -0.05) is 12.1 Å². The van der Waals surface area contributed by atoms with Gasteiger partial charge in [0.25, 0.3) is 5.91 Å². The van der Waals surface area contributed by atoms with E-state index < -0.39 is 15.9 Å². The molecule has 160 valence electrons. The average molecular weight is 433 g/mol.